The summed E-state index contributed by atoms with van der Waals surface area (Å²) in [5.74, 6) is -2.27. The molecule has 6 nitrogen and oxygen atoms in total. The first-order valence-electron chi connectivity index (χ1n) is 10.1. The first kappa shape index (κ1) is 22.9. The highest BCUT2D eigenvalue weighted by Gasteiger charge is 2.66. The number of aliphatic hydroxyl groups is 1. The predicted molar refractivity (Wildman–Crippen MR) is 111 cm³/mol. The van der Waals surface area contributed by atoms with Crippen molar-refractivity contribution in [2.75, 3.05) is 7.11 Å². The Labute approximate surface area is 186 Å². The molecule has 33 heavy (non-hydrogen) atoms. The Morgan fingerprint density at radius 3 is 2.45 bits per heavy atom. The molecule has 1 heterocycles. The van der Waals surface area contributed by atoms with Gasteiger partial charge in [-0.15, -0.1) is 0 Å². The lowest BCUT2D eigenvalue weighted by Gasteiger charge is -2.49. The molecule has 10 heteroatoms. The molecule has 0 radical (unpaired) electrons. The molecular weight excluding hydrogens is 442 g/mol. The maximum absolute atomic E-state index is 14.7. The van der Waals surface area contributed by atoms with Crippen LogP contribution in [0.5, 0.6) is 5.75 Å². The average molecular weight is 463 g/mol. The lowest BCUT2D eigenvalue weighted by Crippen LogP contribution is -2.66. The number of hydrogen-bond acceptors (Lipinski definition) is 5. The molecule has 3 aromatic rings. The van der Waals surface area contributed by atoms with Crippen LogP contribution in [0.2, 0.25) is 0 Å². The van der Waals surface area contributed by atoms with Gasteiger partial charge in [0.2, 0.25) is 0 Å². The van der Waals surface area contributed by atoms with E-state index in [9.17, 15) is 27.5 Å². The number of methoxy groups -OCH3 is 1. The van der Waals surface area contributed by atoms with E-state index in [4.69, 9.17) is 4.74 Å². The smallest absolute Gasteiger partial charge is 0.418 e. The SMILES string of the molecule is COc1c(F)ccc2c1C(C)(C)CC(O)C2(NC(=O)c1ccc2nccnc2c1)C(F)(F)F. The van der Waals surface area contributed by atoms with E-state index in [2.05, 4.69) is 9.97 Å². The van der Waals surface area contributed by atoms with Gasteiger partial charge in [-0.1, -0.05) is 19.9 Å². The number of benzene rings is 2. The van der Waals surface area contributed by atoms with Gasteiger partial charge in [0, 0.05) is 23.5 Å². The van der Waals surface area contributed by atoms with Crippen molar-refractivity contribution >= 4 is 16.9 Å². The normalized spacial score (nSPS) is 22.0. The van der Waals surface area contributed by atoms with Crippen molar-refractivity contribution in [3.8, 4) is 5.75 Å². The Morgan fingerprint density at radius 2 is 1.82 bits per heavy atom. The van der Waals surface area contributed by atoms with Crippen LogP contribution in [0.15, 0.2) is 42.7 Å². The molecule has 0 bridgehead atoms. The molecule has 0 fully saturated rings. The molecule has 1 aliphatic rings. The van der Waals surface area contributed by atoms with E-state index < -0.39 is 46.9 Å². The molecule has 4 rings (SSSR count). The molecule has 1 aromatic heterocycles. The van der Waals surface area contributed by atoms with Crippen LogP contribution < -0.4 is 10.1 Å². The van der Waals surface area contributed by atoms with Crippen molar-refractivity contribution in [3.63, 3.8) is 0 Å². The summed E-state index contributed by atoms with van der Waals surface area (Å²) in [6.45, 7) is 3.17. The molecular formula is C23H21F4N3O3. The second kappa shape index (κ2) is 7.65. The van der Waals surface area contributed by atoms with Crippen LogP contribution in [0.4, 0.5) is 17.6 Å². The number of carbonyl (C=O) groups excluding carboxylic acids is 1. The van der Waals surface area contributed by atoms with Gasteiger partial charge in [-0.05, 0) is 41.7 Å². The zero-order valence-corrected chi connectivity index (χ0v) is 18.0. The summed E-state index contributed by atoms with van der Waals surface area (Å²) >= 11 is 0. The monoisotopic (exact) mass is 463 g/mol. The maximum Gasteiger partial charge on any atom is 0.418 e. The summed E-state index contributed by atoms with van der Waals surface area (Å²) in [5, 5.41) is 12.9. The number of alkyl halides is 3. The zero-order chi connectivity index (χ0) is 24.2. The number of nitrogens with zero attached hydrogens (tertiary/aromatic N) is 2. The third-order valence-corrected chi connectivity index (χ3v) is 6.11. The third kappa shape index (κ3) is 3.49. The van der Waals surface area contributed by atoms with Crippen molar-refractivity contribution in [2.45, 2.75) is 43.5 Å². The zero-order valence-electron chi connectivity index (χ0n) is 18.0. The van der Waals surface area contributed by atoms with Gasteiger partial charge >= 0.3 is 6.18 Å². The number of amides is 1. The fraction of sp³-hybridized carbons (Fsp3) is 0.348. The molecule has 174 valence electrons. The number of aromatic nitrogens is 2. The molecule has 2 aromatic carbocycles. The van der Waals surface area contributed by atoms with E-state index in [0.29, 0.717) is 11.0 Å². The number of carbonyl (C=O) groups is 1. The van der Waals surface area contributed by atoms with Gasteiger partial charge in [-0.25, -0.2) is 4.39 Å². The molecule has 2 N–H and O–H groups in total. The van der Waals surface area contributed by atoms with Crippen LogP contribution in [0.3, 0.4) is 0 Å². The standard InChI is InChI=1S/C23H21F4N3O3/c1-21(2)11-17(31)22(23(25,26)27,13-5-6-14(24)19(33-3)18(13)21)30-20(32)12-4-7-15-16(10-12)29-9-8-28-15/h4-10,17,31H,11H2,1-3H3,(H,30,32). The molecule has 2 atom stereocenters. The van der Waals surface area contributed by atoms with Crippen molar-refractivity contribution in [2.24, 2.45) is 0 Å². The van der Waals surface area contributed by atoms with Gasteiger partial charge in [0.05, 0.1) is 24.2 Å². The summed E-state index contributed by atoms with van der Waals surface area (Å²) < 4.78 is 63.7. The second-order valence-electron chi connectivity index (χ2n) is 8.63. The molecule has 0 saturated carbocycles. The predicted octanol–water partition coefficient (Wildman–Crippen LogP) is 4.01. The summed E-state index contributed by atoms with van der Waals surface area (Å²) in [4.78, 5) is 21.2. The Kier molecular flexibility index (Phi) is 5.31. The summed E-state index contributed by atoms with van der Waals surface area (Å²) in [7, 11) is 1.16. The Morgan fingerprint density at radius 1 is 1.15 bits per heavy atom. The number of rotatable bonds is 3. The highest BCUT2D eigenvalue weighted by Crippen LogP contribution is 2.54. The Balaban J connectivity index is 1.91. The number of fused-ring (bicyclic) bond motifs is 2. The van der Waals surface area contributed by atoms with Crippen molar-refractivity contribution in [1.29, 1.82) is 0 Å². The number of ether oxygens (including phenoxy) is 1. The van der Waals surface area contributed by atoms with Crippen LogP contribution in [0, 0.1) is 5.82 Å². The molecule has 1 aliphatic carbocycles. The lowest BCUT2D eigenvalue weighted by molar-refractivity contribution is -0.231. The number of aliphatic hydroxyl groups excluding tert-OH is 1. The molecule has 2 unspecified atom stereocenters. The van der Waals surface area contributed by atoms with Crippen LogP contribution in [-0.4, -0.2) is 40.4 Å². The third-order valence-electron chi connectivity index (χ3n) is 6.11. The molecule has 0 saturated heterocycles. The van der Waals surface area contributed by atoms with Crippen molar-refractivity contribution < 1.29 is 32.2 Å². The summed E-state index contributed by atoms with van der Waals surface area (Å²) in [5.41, 5.74) is -4.10. The topological polar surface area (TPSA) is 84.3 Å². The fourth-order valence-corrected chi connectivity index (χ4v) is 4.59. The van der Waals surface area contributed by atoms with Crippen molar-refractivity contribution in [1.82, 2.24) is 15.3 Å². The minimum atomic E-state index is -5.12. The minimum Gasteiger partial charge on any atom is -0.493 e. The number of hydrogen-bond donors (Lipinski definition) is 2. The quantitative estimate of drug-likeness (QED) is 0.574. The minimum absolute atomic E-state index is 0.0581. The first-order chi connectivity index (χ1) is 15.4. The van der Waals surface area contributed by atoms with E-state index in [-0.39, 0.29) is 16.9 Å². The van der Waals surface area contributed by atoms with Gasteiger partial charge in [-0.2, -0.15) is 13.2 Å². The van der Waals surface area contributed by atoms with Crippen LogP contribution >= 0.6 is 0 Å². The van der Waals surface area contributed by atoms with E-state index in [1.165, 1.54) is 30.6 Å². The van der Waals surface area contributed by atoms with Gasteiger partial charge in [0.1, 0.15) is 0 Å². The maximum atomic E-state index is 14.7. The van der Waals surface area contributed by atoms with Crippen LogP contribution in [0.1, 0.15) is 41.8 Å². The summed E-state index contributed by atoms with van der Waals surface area (Å²) in [6.07, 6.45) is -4.72. The van der Waals surface area contributed by atoms with Gasteiger partial charge in [0.15, 0.2) is 17.1 Å². The number of nitrogens with one attached hydrogen (secondary N) is 1. The van der Waals surface area contributed by atoms with E-state index in [1.807, 2.05) is 5.32 Å². The van der Waals surface area contributed by atoms with Crippen LogP contribution in [-0.2, 0) is 11.0 Å². The molecule has 1 amide bonds. The Bertz CT molecular complexity index is 1250. The van der Waals surface area contributed by atoms with Gasteiger partial charge in [0.25, 0.3) is 5.91 Å². The molecule has 0 aliphatic heterocycles. The summed E-state index contributed by atoms with van der Waals surface area (Å²) in [6, 6.07) is 5.88. The van der Waals surface area contributed by atoms with Gasteiger partial charge in [-0.3, -0.25) is 14.8 Å². The molecule has 0 spiro atoms. The average Bonchev–Trinajstić information content (AvgIpc) is 2.74. The van der Waals surface area contributed by atoms with Crippen LogP contribution in [0.25, 0.3) is 11.0 Å². The van der Waals surface area contributed by atoms with E-state index >= 15 is 0 Å². The van der Waals surface area contributed by atoms with E-state index in [0.717, 1.165) is 19.2 Å². The van der Waals surface area contributed by atoms with Gasteiger partial charge < -0.3 is 15.2 Å². The highest BCUT2D eigenvalue weighted by atomic mass is 19.4. The number of halogens is 4. The highest BCUT2D eigenvalue weighted by molar-refractivity contribution is 5.98. The van der Waals surface area contributed by atoms with Crippen molar-refractivity contribution in [3.05, 3.63) is 65.2 Å². The second-order valence-corrected chi connectivity index (χ2v) is 8.63. The lowest BCUT2D eigenvalue weighted by atomic mass is 9.63. The Hall–Kier alpha value is -3.27. The van der Waals surface area contributed by atoms with E-state index in [1.54, 1.807) is 13.8 Å². The largest absolute Gasteiger partial charge is 0.493 e. The first-order valence-corrected chi connectivity index (χ1v) is 10.1. The fourth-order valence-electron chi connectivity index (χ4n) is 4.59.